The molecule has 1 aromatic carbocycles. The van der Waals surface area contributed by atoms with Gasteiger partial charge in [-0.3, -0.25) is 9.69 Å². The van der Waals surface area contributed by atoms with Crippen molar-refractivity contribution >= 4 is 11.9 Å². The molecule has 0 radical (unpaired) electrons. The average molecular weight is 373 g/mol. The lowest BCUT2D eigenvalue weighted by Crippen LogP contribution is -2.49. The second-order valence-electron chi connectivity index (χ2n) is 7.74. The largest absolute Gasteiger partial charge is 0.352 e. The van der Waals surface area contributed by atoms with Gasteiger partial charge in [0.2, 0.25) is 5.91 Å². The van der Waals surface area contributed by atoms with Crippen molar-refractivity contribution in [3.63, 3.8) is 0 Å². The Kier molecular flexibility index (Phi) is 7.10. The molecule has 2 heterocycles. The molecule has 6 heteroatoms. The summed E-state index contributed by atoms with van der Waals surface area (Å²) in [6.07, 6.45) is 3.99. The quantitative estimate of drug-likeness (QED) is 0.805. The van der Waals surface area contributed by atoms with E-state index in [0.29, 0.717) is 32.2 Å². The van der Waals surface area contributed by atoms with Crippen LogP contribution in [0.1, 0.15) is 38.2 Å². The van der Waals surface area contributed by atoms with E-state index >= 15 is 0 Å². The fourth-order valence-electron chi connectivity index (χ4n) is 3.93. The summed E-state index contributed by atoms with van der Waals surface area (Å²) in [5.74, 6) is 0.0999. The summed E-state index contributed by atoms with van der Waals surface area (Å²) >= 11 is 0. The van der Waals surface area contributed by atoms with Gasteiger partial charge < -0.3 is 15.5 Å². The second kappa shape index (κ2) is 9.74. The van der Waals surface area contributed by atoms with Gasteiger partial charge in [-0.15, -0.1) is 0 Å². The van der Waals surface area contributed by atoms with Gasteiger partial charge >= 0.3 is 6.03 Å². The molecule has 3 amide bonds. The van der Waals surface area contributed by atoms with Gasteiger partial charge in [0, 0.05) is 38.1 Å². The number of rotatable bonds is 6. The first-order chi connectivity index (χ1) is 13.1. The summed E-state index contributed by atoms with van der Waals surface area (Å²) in [6.45, 7) is 7.00. The molecule has 0 aliphatic carbocycles. The molecule has 0 bridgehead atoms. The van der Waals surface area contributed by atoms with Crippen molar-refractivity contribution in [2.75, 3.05) is 32.7 Å². The molecule has 0 spiro atoms. The summed E-state index contributed by atoms with van der Waals surface area (Å²) in [7, 11) is 0. The molecule has 6 nitrogen and oxygen atoms in total. The van der Waals surface area contributed by atoms with Gasteiger partial charge in [-0.1, -0.05) is 30.3 Å². The van der Waals surface area contributed by atoms with Crippen LogP contribution in [0.3, 0.4) is 0 Å². The summed E-state index contributed by atoms with van der Waals surface area (Å²) in [4.78, 5) is 29.1. The number of benzene rings is 1. The van der Waals surface area contributed by atoms with E-state index in [1.54, 1.807) is 0 Å². The Bertz CT molecular complexity index is 608. The minimum absolute atomic E-state index is 0.00119. The van der Waals surface area contributed by atoms with Crippen LogP contribution in [0.2, 0.25) is 0 Å². The topological polar surface area (TPSA) is 64.7 Å². The predicted molar refractivity (Wildman–Crippen MR) is 106 cm³/mol. The average Bonchev–Trinajstić information content (AvgIpc) is 3.26. The SMILES string of the molecule is C[C@@H](CNC(=O)N1CCC(C(=O)NCc2ccccc2)CC1)N1CCCC1. The van der Waals surface area contributed by atoms with E-state index in [-0.39, 0.29) is 17.9 Å². The van der Waals surface area contributed by atoms with Crippen molar-refractivity contribution in [3.05, 3.63) is 35.9 Å². The molecular weight excluding hydrogens is 340 g/mol. The number of likely N-dealkylation sites (tertiary alicyclic amines) is 2. The van der Waals surface area contributed by atoms with Crippen molar-refractivity contribution in [2.45, 2.75) is 45.2 Å². The van der Waals surface area contributed by atoms with Crippen LogP contribution in [0, 0.1) is 5.92 Å². The molecule has 0 unspecified atom stereocenters. The van der Waals surface area contributed by atoms with Crippen LogP contribution in [0.4, 0.5) is 4.79 Å². The van der Waals surface area contributed by atoms with E-state index in [0.717, 1.165) is 31.5 Å². The number of carbonyl (C=O) groups is 2. The molecule has 0 aromatic heterocycles. The monoisotopic (exact) mass is 372 g/mol. The highest BCUT2D eigenvalue weighted by Gasteiger charge is 2.27. The van der Waals surface area contributed by atoms with Gasteiger partial charge in [-0.2, -0.15) is 0 Å². The number of carbonyl (C=O) groups excluding carboxylic acids is 2. The van der Waals surface area contributed by atoms with Crippen molar-refractivity contribution < 1.29 is 9.59 Å². The number of hydrogen-bond donors (Lipinski definition) is 2. The van der Waals surface area contributed by atoms with Gasteiger partial charge in [0.05, 0.1) is 0 Å². The van der Waals surface area contributed by atoms with Crippen molar-refractivity contribution in [1.29, 1.82) is 0 Å². The van der Waals surface area contributed by atoms with Crippen LogP contribution in [-0.4, -0.2) is 60.5 Å². The van der Waals surface area contributed by atoms with Crippen molar-refractivity contribution in [1.82, 2.24) is 20.4 Å². The normalized spacial score (nSPS) is 19.7. The van der Waals surface area contributed by atoms with E-state index in [1.165, 1.54) is 12.8 Å². The first kappa shape index (κ1) is 19.7. The number of amides is 3. The lowest BCUT2D eigenvalue weighted by Gasteiger charge is -2.32. The highest BCUT2D eigenvalue weighted by atomic mass is 16.2. The van der Waals surface area contributed by atoms with E-state index in [4.69, 9.17) is 0 Å². The fourth-order valence-corrected chi connectivity index (χ4v) is 3.93. The number of hydrogen-bond acceptors (Lipinski definition) is 3. The lowest BCUT2D eigenvalue weighted by molar-refractivity contribution is -0.126. The Labute approximate surface area is 162 Å². The molecule has 27 heavy (non-hydrogen) atoms. The standard InChI is InChI=1S/C21H32N4O2/c1-17(24-11-5-6-12-24)15-23-21(27)25-13-9-19(10-14-25)20(26)22-16-18-7-3-2-4-8-18/h2-4,7-8,17,19H,5-6,9-16H2,1H3,(H,22,26)(H,23,27)/t17-/m0/s1. The summed E-state index contributed by atoms with van der Waals surface area (Å²) < 4.78 is 0. The van der Waals surface area contributed by atoms with E-state index in [9.17, 15) is 9.59 Å². The van der Waals surface area contributed by atoms with Gasteiger partial charge in [0.25, 0.3) is 0 Å². The number of nitrogens with zero attached hydrogens (tertiary/aromatic N) is 2. The van der Waals surface area contributed by atoms with E-state index in [1.807, 2.05) is 35.2 Å². The Hall–Kier alpha value is -2.08. The molecule has 2 fully saturated rings. The Morgan fingerprint density at radius 3 is 2.37 bits per heavy atom. The molecule has 3 rings (SSSR count). The smallest absolute Gasteiger partial charge is 0.317 e. The van der Waals surface area contributed by atoms with Crippen LogP contribution in [0.5, 0.6) is 0 Å². The summed E-state index contributed by atoms with van der Waals surface area (Å²) in [5, 5.41) is 6.09. The van der Waals surface area contributed by atoms with Crippen LogP contribution in [-0.2, 0) is 11.3 Å². The molecule has 148 valence electrons. The molecule has 1 atom stereocenters. The highest BCUT2D eigenvalue weighted by Crippen LogP contribution is 2.18. The summed E-state index contributed by atoms with van der Waals surface area (Å²) in [5.41, 5.74) is 1.11. The Balaban J connectivity index is 1.35. The van der Waals surface area contributed by atoms with Gasteiger partial charge in [-0.25, -0.2) is 4.79 Å². The van der Waals surface area contributed by atoms with Gasteiger partial charge in [0.15, 0.2) is 0 Å². The molecule has 2 aliphatic rings. The highest BCUT2D eigenvalue weighted by molar-refractivity contribution is 5.79. The van der Waals surface area contributed by atoms with Crippen molar-refractivity contribution in [2.24, 2.45) is 5.92 Å². The minimum atomic E-state index is 0.00119. The summed E-state index contributed by atoms with van der Waals surface area (Å²) in [6, 6.07) is 10.3. The maximum Gasteiger partial charge on any atom is 0.317 e. The molecule has 2 saturated heterocycles. The van der Waals surface area contributed by atoms with E-state index in [2.05, 4.69) is 22.5 Å². The Morgan fingerprint density at radius 1 is 1.04 bits per heavy atom. The fraction of sp³-hybridized carbons (Fsp3) is 0.619. The third-order valence-corrected chi connectivity index (χ3v) is 5.78. The number of urea groups is 1. The van der Waals surface area contributed by atoms with Crippen LogP contribution >= 0.6 is 0 Å². The maximum atomic E-state index is 12.4. The minimum Gasteiger partial charge on any atom is -0.352 e. The second-order valence-corrected chi connectivity index (χ2v) is 7.74. The molecule has 2 aliphatic heterocycles. The van der Waals surface area contributed by atoms with Crippen LogP contribution < -0.4 is 10.6 Å². The van der Waals surface area contributed by atoms with Crippen LogP contribution in [0.15, 0.2) is 30.3 Å². The third kappa shape index (κ3) is 5.70. The molecule has 2 N–H and O–H groups in total. The third-order valence-electron chi connectivity index (χ3n) is 5.78. The number of piperidine rings is 1. The molecule has 1 aromatic rings. The molecule has 0 saturated carbocycles. The lowest BCUT2D eigenvalue weighted by atomic mass is 9.96. The molecular formula is C21H32N4O2. The number of nitrogens with one attached hydrogen (secondary N) is 2. The zero-order chi connectivity index (χ0) is 19.1. The van der Waals surface area contributed by atoms with Crippen LogP contribution in [0.25, 0.3) is 0 Å². The van der Waals surface area contributed by atoms with Gasteiger partial charge in [-0.05, 0) is 51.3 Å². The zero-order valence-electron chi connectivity index (χ0n) is 16.3. The first-order valence-electron chi connectivity index (χ1n) is 10.2. The van der Waals surface area contributed by atoms with Gasteiger partial charge in [0.1, 0.15) is 0 Å². The van der Waals surface area contributed by atoms with Crippen molar-refractivity contribution in [3.8, 4) is 0 Å². The Morgan fingerprint density at radius 2 is 1.70 bits per heavy atom. The van der Waals surface area contributed by atoms with E-state index < -0.39 is 0 Å². The zero-order valence-corrected chi connectivity index (χ0v) is 16.3. The predicted octanol–water partition coefficient (Wildman–Crippen LogP) is 2.21. The first-order valence-corrected chi connectivity index (χ1v) is 10.2. The maximum absolute atomic E-state index is 12.4.